The van der Waals surface area contributed by atoms with Crippen molar-refractivity contribution in [2.75, 3.05) is 6.54 Å². The van der Waals surface area contributed by atoms with Crippen LogP contribution in [0.15, 0.2) is 18.2 Å². The Hall–Kier alpha value is -1.79. The van der Waals surface area contributed by atoms with E-state index >= 15 is 0 Å². The van der Waals surface area contributed by atoms with Gasteiger partial charge < -0.3 is 15.7 Å². The molecule has 3 N–H and O–H groups in total. The zero-order valence-corrected chi connectivity index (χ0v) is 13.6. The highest BCUT2D eigenvalue weighted by Gasteiger charge is 2.32. The molecule has 1 rings (SSSR count). The van der Waals surface area contributed by atoms with E-state index in [-0.39, 0.29) is 23.6 Å². The van der Waals surface area contributed by atoms with Crippen molar-refractivity contribution >= 4 is 41.0 Å². The Labute approximate surface area is 137 Å². The molecule has 0 fully saturated rings. The smallest absolute Gasteiger partial charge is 0.329 e. The quantitative estimate of drug-likeness (QED) is 0.734. The van der Waals surface area contributed by atoms with E-state index in [1.807, 2.05) is 0 Å². The van der Waals surface area contributed by atoms with Crippen molar-refractivity contribution in [1.29, 1.82) is 0 Å². The number of aliphatic carboxylic acids is 1. The Morgan fingerprint density at radius 1 is 1.23 bits per heavy atom. The van der Waals surface area contributed by atoms with Crippen LogP contribution in [0.1, 0.15) is 30.6 Å². The van der Waals surface area contributed by atoms with Crippen LogP contribution in [0.2, 0.25) is 10.0 Å². The summed E-state index contributed by atoms with van der Waals surface area (Å²) in [6.07, 6.45) is 0.217. The number of amides is 2. The topological polar surface area (TPSA) is 95.5 Å². The zero-order valence-electron chi connectivity index (χ0n) is 12.1. The van der Waals surface area contributed by atoms with Gasteiger partial charge in [-0.1, -0.05) is 30.1 Å². The van der Waals surface area contributed by atoms with Crippen molar-refractivity contribution in [1.82, 2.24) is 10.6 Å². The predicted octanol–water partition coefficient (Wildman–Crippen LogP) is 2.09. The maximum absolute atomic E-state index is 11.9. The van der Waals surface area contributed by atoms with Crippen molar-refractivity contribution < 1.29 is 19.5 Å². The van der Waals surface area contributed by atoms with Crippen molar-refractivity contribution in [2.45, 2.75) is 25.8 Å². The average molecular weight is 347 g/mol. The van der Waals surface area contributed by atoms with Gasteiger partial charge in [-0.05, 0) is 31.5 Å². The van der Waals surface area contributed by atoms with E-state index in [0.29, 0.717) is 5.02 Å². The van der Waals surface area contributed by atoms with E-state index in [1.165, 1.54) is 25.1 Å². The number of carbonyl (C=O) groups is 3. The van der Waals surface area contributed by atoms with E-state index < -0.39 is 23.3 Å². The highest BCUT2D eigenvalue weighted by molar-refractivity contribution is 6.42. The van der Waals surface area contributed by atoms with Crippen LogP contribution in [-0.4, -0.2) is 35.0 Å². The van der Waals surface area contributed by atoms with E-state index in [2.05, 4.69) is 10.6 Å². The maximum Gasteiger partial charge on any atom is 0.329 e. The molecule has 6 nitrogen and oxygen atoms in total. The van der Waals surface area contributed by atoms with Gasteiger partial charge in [-0.2, -0.15) is 0 Å². The molecule has 1 aromatic rings. The molecule has 1 aromatic carbocycles. The van der Waals surface area contributed by atoms with Gasteiger partial charge in [-0.3, -0.25) is 9.59 Å². The first-order valence-corrected chi connectivity index (χ1v) is 7.23. The van der Waals surface area contributed by atoms with Gasteiger partial charge in [-0.15, -0.1) is 0 Å². The van der Waals surface area contributed by atoms with Gasteiger partial charge in [0.1, 0.15) is 5.54 Å². The number of carboxylic acid groups (broad SMARTS) is 1. The summed E-state index contributed by atoms with van der Waals surface area (Å²) in [5, 5.41) is 14.4. The Kier molecular flexibility index (Phi) is 6.20. The van der Waals surface area contributed by atoms with Crippen molar-refractivity contribution in [2.24, 2.45) is 0 Å². The van der Waals surface area contributed by atoms with Crippen LogP contribution in [-0.2, 0) is 9.59 Å². The molecule has 2 amide bonds. The molecule has 0 heterocycles. The van der Waals surface area contributed by atoms with Gasteiger partial charge in [0.2, 0.25) is 5.91 Å². The number of nitrogens with one attached hydrogen (secondary N) is 2. The molecule has 0 aliphatic heterocycles. The first kappa shape index (κ1) is 18.3. The lowest BCUT2D eigenvalue weighted by molar-refractivity contribution is -0.146. The molecular formula is C14H16Cl2N2O4. The maximum atomic E-state index is 11.9. The lowest BCUT2D eigenvalue weighted by Crippen LogP contribution is -2.54. The fraction of sp³-hybridized carbons (Fsp3) is 0.357. The van der Waals surface area contributed by atoms with Gasteiger partial charge in [-0.25, -0.2) is 4.79 Å². The van der Waals surface area contributed by atoms with Crippen molar-refractivity contribution in [3.8, 4) is 0 Å². The monoisotopic (exact) mass is 346 g/mol. The Morgan fingerprint density at radius 2 is 1.86 bits per heavy atom. The molecular weight excluding hydrogens is 331 g/mol. The fourth-order valence-corrected chi connectivity index (χ4v) is 1.84. The minimum Gasteiger partial charge on any atom is -0.480 e. The molecule has 120 valence electrons. The van der Waals surface area contributed by atoms with E-state index in [4.69, 9.17) is 28.3 Å². The largest absolute Gasteiger partial charge is 0.480 e. The lowest BCUT2D eigenvalue weighted by Gasteiger charge is -2.24. The van der Waals surface area contributed by atoms with Gasteiger partial charge in [0.25, 0.3) is 5.91 Å². The first-order chi connectivity index (χ1) is 10.2. The highest BCUT2D eigenvalue weighted by atomic mass is 35.5. The zero-order chi connectivity index (χ0) is 16.9. The number of hydrogen-bond donors (Lipinski definition) is 3. The SMILES string of the molecule is CCC(C)(NC(=O)CNC(=O)c1ccc(Cl)c(Cl)c1)C(=O)O. The van der Waals surface area contributed by atoms with Gasteiger partial charge in [0.15, 0.2) is 0 Å². The number of halogens is 2. The molecule has 0 saturated heterocycles. The normalized spacial score (nSPS) is 13.1. The first-order valence-electron chi connectivity index (χ1n) is 6.47. The Morgan fingerprint density at radius 3 is 2.36 bits per heavy atom. The lowest BCUT2D eigenvalue weighted by atomic mass is 9.99. The Balaban J connectivity index is 2.62. The predicted molar refractivity (Wildman–Crippen MR) is 83.3 cm³/mol. The molecule has 0 bridgehead atoms. The highest BCUT2D eigenvalue weighted by Crippen LogP contribution is 2.22. The van der Waals surface area contributed by atoms with Crippen LogP contribution in [0.25, 0.3) is 0 Å². The molecule has 22 heavy (non-hydrogen) atoms. The molecule has 0 spiro atoms. The van der Waals surface area contributed by atoms with Crippen LogP contribution >= 0.6 is 23.2 Å². The molecule has 8 heteroatoms. The summed E-state index contributed by atoms with van der Waals surface area (Å²) in [6, 6.07) is 4.32. The number of carboxylic acids is 1. The summed E-state index contributed by atoms with van der Waals surface area (Å²) in [7, 11) is 0. The molecule has 0 radical (unpaired) electrons. The minimum absolute atomic E-state index is 0.217. The van der Waals surface area contributed by atoms with Gasteiger partial charge >= 0.3 is 5.97 Å². The van der Waals surface area contributed by atoms with Crippen molar-refractivity contribution in [3.05, 3.63) is 33.8 Å². The van der Waals surface area contributed by atoms with Crippen LogP contribution in [0.4, 0.5) is 0 Å². The molecule has 0 aromatic heterocycles. The van der Waals surface area contributed by atoms with Crippen LogP contribution in [0.3, 0.4) is 0 Å². The number of rotatable bonds is 6. The summed E-state index contributed by atoms with van der Waals surface area (Å²) < 4.78 is 0. The van der Waals surface area contributed by atoms with E-state index in [0.717, 1.165) is 0 Å². The second-order valence-corrected chi connectivity index (χ2v) is 5.66. The third-order valence-corrected chi connectivity index (χ3v) is 3.92. The van der Waals surface area contributed by atoms with Gasteiger partial charge in [0, 0.05) is 5.56 Å². The van der Waals surface area contributed by atoms with Crippen LogP contribution < -0.4 is 10.6 Å². The van der Waals surface area contributed by atoms with E-state index in [1.54, 1.807) is 6.92 Å². The second-order valence-electron chi connectivity index (χ2n) is 4.85. The number of carbonyl (C=O) groups excluding carboxylic acids is 2. The fourth-order valence-electron chi connectivity index (χ4n) is 1.54. The Bertz CT molecular complexity index is 607. The molecule has 1 atom stereocenters. The standard InChI is InChI=1S/C14H16Cl2N2O4/c1-3-14(2,13(21)22)18-11(19)7-17-12(20)8-4-5-9(15)10(16)6-8/h4-6H,3,7H2,1-2H3,(H,17,20)(H,18,19)(H,21,22). The van der Waals surface area contributed by atoms with Crippen LogP contribution in [0.5, 0.6) is 0 Å². The summed E-state index contributed by atoms with van der Waals surface area (Å²) in [5.41, 5.74) is -1.12. The van der Waals surface area contributed by atoms with Crippen molar-refractivity contribution in [3.63, 3.8) is 0 Å². The molecule has 0 aliphatic rings. The average Bonchev–Trinajstić information content (AvgIpc) is 2.47. The third kappa shape index (κ3) is 4.61. The summed E-state index contributed by atoms with van der Waals surface area (Å²) in [6.45, 7) is 2.69. The number of benzene rings is 1. The molecule has 0 saturated carbocycles. The summed E-state index contributed by atoms with van der Waals surface area (Å²) in [5.74, 6) is -2.25. The summed E-state index contributed by atoms with van der Waals surface area (Å²) >= 11 is 11.6. The number of hydrogen-bond acceptors (Lipinski definition) is 3. The summed E-state index contributed by atoms with van der Waals surface area (Å²) in [4.78, 5) is 34.7. The molecule has 1 unspecified atom stereocenters. The third-order valence-electron chi connectivity index (χ3n) is 3.19. The van der Waals surface area contributed by atoms with E-state index in [9.17, 15) is 14.4 Å². The molecule has 0 aliphatic carbocycles. The van der Waals surface area contributed by atoms with Crippen LogP contribution in [0, 0.1) is 0 Å². The minimum atomic E-state index is -1.37. The second kappa shape index (κ2) is 7.47. The van der Waals surface area contributed by atoms with Gasteiger partial charge in [0.05, 0.1) is 16.6 Å².